The Morgan fingerprint density at radius 2 is 1.68 bits per heavy atom. The van der Waals surface area contributed by atoms with Crippen LogP contribution in [0.15, 0.2) is 36.7 Å². The number of rotatable bonds is 5. The van der Waals surface area contributed by atoms with Gasteiger partial charge in [-0.2, -0.15) is 0 Å². The van der Waals surface area contributed by atoms with Crippen LogP contribution in [0.1, 0.15) is 22.3 Å². The van der Waals surface area contributed by atoms with Crippen molar-refractivity contribution in [2.75, 3.05) is 6.61 Å². The average Bonchev–Trinajstić information content (AvgIpc) is 2.83. The van der Waals surface area contributed by atoms with E-state index in [0.717, 1.165) is 22.4 Å². The monoisotopic (exact) mass is 339 g/mol. The Morgan fingerprint density at radius 3 is 2.36 bits per heavy atom. The topological polar surface area (TPSA) is 38.3 Å². The minimum Gasteiger partial charge on any atom is -0.490 e. The number of aryl methyl sites for hydroxylation is 5. The maximum atomic E-state index is 10.5. The molecule has 1 N–H and O–H groups in total. The van der Waals surface area contributed by atoms with E-state index in [1.807, 2.05) is 45.4 Å². The molecule has 0 radical (unpaired) electrons. The van der Waals surface area contributed by atoms with E-state index >= 15 is 0 Å². The normalized spacial score (nSPS) is 12.6. The summed E-state index contributed by atoms with van der Waals surface area (Å²) in [4.78, 5) is 0. The summed E-state index contributed by atoms with van der Waals surface area (Å²) in [7, 11) is 2.03. The van der Waals surface area contributed by atoms with E-state index in [2.05, 4.69) is 35.1 Å². The Labute approximate surface area is 149 Å². The zero-order valence-electron chi connectivity index (χ0n) is 15.7. The van der Waals surface area contributed by atoms with Crippen LogP contribution >= 0.6 is 0 Å². The van der Waals surface area contributed by atoms with Gasteiger partial charge in [-0.15, -0.1) is 0 Å². The number of ether oxygens (including phenoxy) is 1. The number of fused-ring (bicyclic) bond motifs is 1. The van der Waals surface area contributed by atoms with Crippen LogP contribution < -0.4 is 9.30 Å². The van der Waals surface area contributed by atoms with Gasteiger partial charge in [0, 0.05) is 0 Å². The Balaban J connectivity index is 1.76. The number of aliphatic hydroxyl groups is 1. The zero-order chi connectivity index (χ0) is 18.1. The third-order valence-electron chi connectivity index (χ3n) is 4.83. The van der Waals surface area contributed by atoms with Crippen molar-refractivity contribution in [3.05, 3.63) is 58.9 Å². The second kappa shape index (κ2) is 6.89. The summed E-state index contributed by atoms with van der Waals surface area (Å²) in [5.74, 6) is 0.871. The van der Waals surface area contributed by atoms with Crippen LogP contribution in [-0.4, -0.2) is 22.4 Å². The van der Waals surface area contributed by atoms with E-state index in [1.165, 1.54) is 16.6 Å². The van der Waals surface area contributed by atoms with Gasteiger partial charge in [-0.05, 0) is 62.1 Å². The van der Waals surface area contributed by atoms with Crippen molar-refractivity contribution >= 4 is 11.0 Å². The molecule has 0 saturated carbocycles. The number of aliphatic hydroxyl groups excluding tert-OH is 1. The lowest BCUT2D eigenvalue weighted by Gasteiger charge is -2.14. The van der Waals surface area contributed by atoms with E-state index < -0.39 is 6.10 Å². The van der Waals surface area contributed by atoms with Gasteiger partial charge in [0.25, 0.3) is 0 Å². The fourth-order valence-corrected chi connectivity index (χ4v) is 3.26. The third kappa shape index (κ3) is 3.54. The molecule has 0 fully saturated rings. The first-order valence-electron chi connectivity index (χ1n) is 8.69. The Bertz CT molecular complexity index is 892. The Kier molecular flexibility index (Phi) is 4.82. The van der Waals surface area contributed by atoms with E-state index in [4.69, 9.17) is 4.74 Å². The van der Waals surface area contributed by atoms with Crippen molar-refractivity contribution in [1.29, 1.82) is 0 Å². The van der Waals surface area contributed by atoms with Gasteiger partial charge in [0.05, 0.1) is 7.05 Å². The molecule has 0 bridgehead atoms. The minimum absolute atomic E-state index is 0.278. The van der Waals surface area contributed by atoms with Gasteiger partial charge < -0.3 is 9.84 Å². The van der Waals surface area contributed by atoms with Crippen molar-refractivity contribution in [3.63, 3.8) is 0 Å². The smallest absolute Gasteiger partial charge is 0.244 e. The van der Waals surface area contributed by atoms with Gasteiger partial charge in [0.1, 0.15) is 25.0 Å². The third-order valence-corrected chi connectivity index (χ3v) is 4.83. The number of nitrogens with zero attached hydrogens (tertiary/aromatic N) is 2. The van der Waals surface area contributed by atoms with Gasteiger partial charge in [0.2, 0.25) is 6.33 Å². The minimum atomic E-state index is -0.573. The van der Waals surface area contributed by atoms with Gasteiger partial charge in [-0.25, -0.2) is 9.13 Å². The molecule has 0 amide bonds. The van der Waals surface area contributed by atoms with E-state index in [-0.39, 0.29) is 6.61 Å². The van der Waals surface area contributed by atoms with Crippen molar-refractivity contribution in [2.45, 2.75) is 40.3 Å². The first kappa shape index (κ1) is 17.5. The molecule has 0 unspecified atom stereocenters. The van der Waals surface area contributed by atoms with Crippen LogP contribution in [0.2, 0.25) is 0 Å². The Hall–Kier alpha value is -2.33. The van der Waals surface area contributed by atoms with Crippen molar-refractivity contribution < 1.29 is 14.4 Å². The van der Waals surface area contributed by atoms with Crippen LogP contribution in [0, 0.1) is 27.7 Å². The standard InChI is InChI=1S/C21H27N2O2/c1-14-7-6-8-15(2)21(14)25-12-18(24)11-23-13-22(5)19-9-16(3)17(4)10-20(19)23/h6-10,13,18,24H,11-12H2,1-5H3/q+1/t18-/m1/s1. The lowest BCUT2D eigenvalue weighted by atomic mass is 10.1. The van der Waals surface area contributed by atoms with Gasteiger partial charge in [-0.1, -0.05) is 18.2 Å². The molecule has 0 aliphatic heterocycles. The number of aromatic nitrogens is 2. The lowest BCUT2D eigenvalue weighted by molar-refractivity contribution is -0.645. The molecule has 1 atom stereocenters. The fourth-order valence-electron chi connectivity index (χ4n) is 3.26. The summed E-state index contributed by atoms with van der Waals surface area (Å²) in [6.45, 7) is 9.08. The summed E-state index contributed by atoms with van der Waals surface area (Å²) < 4.78 is 10.1. The molecule has 0 aliphatic carbocycles. The first-order chi connectivity index (χ1) is 11.9. The summed E-state index contributed by atoms with van der Waals surface area (Å²) in [6.07, 6.45) is 1.46. The number of para-hydroxylation sites is 1. The molecule has 0 aliphatic rings. The number of hydrogen-bond acceptors (Lipinski definition) is 2. The van der Waals surface area contributed by atoms with Gasteiger partial charge in [0.15, 0.2) is 11.0 Å². The largest absolute Gasteiger partial charge is 0.490 e. The summed E-state index contributed by atoms with van der Waals surface area (Å²) >= 11 is 0. The van der Waals surface area contributed by atoms with Gasteiger partial charge in [-0.3, -0.25) is 0 Å². The van der Waals surface area contributed by atoms with Crippen molar-refractivity contribution in [3.8, 4) is 5.75 Å². The average molecular weight is 339 g/mol. The maximum Gasteiger partial charge on any atom is 0.244 e. The second-order valence-electron chi connectivity index (χ2n) is 6.99. The molecular formula is C21H27N2O2+. The molecule has 2 aromatic carbocycles. The molecule has 132 valence electrons. The highest BCUT2D eigenvalue weighted by Crippen LogP contribution is 2.23. The van der Waals surface area contributed by atoms with E-state index in [0.29, 0.717) is 6.54 Å². The number of imidazole rings is 1. The molecule has 4 heteroatoms. The van der Waals surface area contributed by atoms with E-state index in [9.17, 15) is 5.11 Å². The number of hydrogen-bond donors (Lipinski definition) is 1. The van der Waals surface area contributed by atoms with E-state index in [1.54, 1.807) is 0 Å². The molecule has 25 heavy (non-hydrogen) atoms. The molecule has 4 nitrogen and oxygen atoms in total. The van der Waals surface area contributed by atoms with Crippen LogP contribution in [0.3, 0.4) is 0 Å². The molecule has 0 saturated heterocycles. The summed E-state index contributed by atoms with van der Waals surface area (Å²) in [5.41, 5.74) is 7.03. The molecule has 1 heterocycles. The molecule has 3 aromatic rings. The van der Waals surface area contributed by atoms with Crippen LogP contribution in [0.5, 0.6) is 5.75 Å². The molecular weight excluding hydrogens is 312 g/mol. The summed E-state index contributed by atoms with van der Waals surface area (Å²) in [6, 6.07) is 10.5. The SMILES string of the molecule is Cc1cc2c(cc1C)[n+](C)cn2C[C@@H](O)COc1c(C)cccc1C. The lowest BCUT2D eigenvalue weighted by Crippen LogP contribution is -2.27. The highest BCUT2D eigenvalue weighted by molar-refractivity contribution is 5.74. The highest BCUT2D eigenvalue weighted by Gasteiger charge is 2.18. The van der Waals surface area contributed by atoms with Gasteiger partial charge >= 0.3 is 0 Å². The Morgan fingerprint density at radius 1 is 1.04 bits per heavy atom. The summed E-state index contributed by atoms with van der Waals surface area (Å²) in [5, 5.41) is 10.5. The molecule has 0 spiro atoms. The quantitative estimate of drug-likeness (QED) is 0.725. The highest BCUT2D eigenvalue weighted by atomic mass is 16.5. The predicted octanol–water partition coefficient (Wildman–Crippen LogP) is 3.14. The molecule has 3 rings (SSSR count). The first-order valence-corrected chi connectivity index (χ1v) is 8.69. The van der Waals surface area contributed by atoms with Crippen LogP contribution in [0.4, 0.5) is 0 Å². The van der Waals surface area contributed by atoms with Crippen LogP contribution in [-0.2, 0) is 13.6 Å². The van der Waals surface area contributed by atoms with Crippen LogP contribution in [0.25, 0.3) is 11.0 Å². The molecule has 1 aromatic heterocycles. The second-order valence-corrected chi connectivity index (χ2v) is 6.99. The predicted molar refractivity (Wildman–Crippen MR) is 100 cm³/mol. The van der Waals surface area contributed by atoms with Crippen molar-refractivity contribution in [1.82, 2.24) is 4.57 Å². The van der Waals surface area contributed by atoms with Crippen molar-refractivity contribution in [2.24, 2.45) is 7.05 Å². The number of benzene rings is 2. The zero-order valence-corrected chi connectivity index (χ0v) is 15.7. The fraction of sp³-hybridized carbons (Fsp3) is 0.381. The maximum absolute atomic E-state index is 10.5.